The van der Waals surface area contributed by atoms with Crippen LogP contribution < -0.4 is 0 Å². The molecule has 8 aromatic carbocycles. The molecule has 1 aliphatic rings. The van der Waals surface area contributed by atoms with Gasteiger partial charge in [-0.05, 0) is 113 Å². The lowest BCUT2D eigenvalue weighted by Gasteiger charge is -2.27. The number of hydrogen-bond donors (Lipinski definition) is 0. The molecule has 0 N–H and O–H groups in total. The van der Waals surface area contributed by atoms with Gasteiger partial charge in [0.1, 0.15) is 34.4 Å². The molecule has 0 unspecified atom stereocenters. The van der Waals surface area contributed by atoms with Gasteiger partial charge in [-0.1, -0.05) is 139 Å². The minimum absolute atomic E-state index is 0.123. The summed E-state index contributed by atoms with van der Waals surface area (Å²) in [6, 6.07) is 59.3. The highest BCUT2D eigenvalue weighted by Gasteiger charge is 2.34. The SMILES string of the molecule is CC(C)(C)c1ccc2c(c1)c1cc(C(C)(C)C)ccc1n2-c1c(C#N)c(-n2c3c(c4ccccc42)CCC=C3)c(-c2ccc3oc4ccccc4c3c2)c(-n2c3ccccc3c3ccccc32)c1C#N. The zero-order chi connectivity index (χ0) is 47.8. The first-order chi connectivity index (χ1) is 33.9. The quantitative estimate of drug-likeness (QED) is 0.177. The Labute approximate surface area is 406 Å². The minimum atomic E-state index is -0.123. The average Bonchev–Trinajstić information content (AvgIpc) is 4.11. The molecule has 4 heterocycles. The minimum Gasteiger partial charge on any atom is -0.456 e. The van der Waals surface area contributed by atoms with Gasteiger partial charge in [0, 0.05) is 49.0 Å². The molecule has 0 amide bonds. The van der Waals surface area contributed by atoms with Crippen molar-refractivity contribution in [2.75, 3.05) is 0 Å². The summed E-state index contributed by atoms with van der Waals surface area (Å²) in [5, 5.41) is 32.1. The smallest absolute Gasteiger partial charge is 0.135 e. The number of nitrogens with zero attached hydrogens (tertiary/aromatic N) is 5. The number of furan rings is 1. The molecular weight excluding hydrogens is 855 g/mol. The van der Waals surface area contributed by atoms with Crippen molar-refractivity contribution in [2.24, 2.45) is 0 Å². The van der Waals surface area contributed by atoms with E-state index in [-0.39, 0.29) is 10.8 Å². The van der Waals surface area contributed by atoms with Crippen LogP contribution in [0.1, 0.15) is 81.5 Å². The number of rotatable bonds is 4. The van der Waals surface area contributed by atoms with E-state index in [9.17, 15) is 10.5 Å². The summed E-state index contributed by atoms with van der Waals surface area (Å²) in [6.07, 6.45) is 6.27. The fourth-order valence-corrected chi connectivity index (χ4v) is 11.5. The second-order valence-electron chi connectivity index (χ2n) is 21.0. The van der Waals surface area contributed by atoms with Gasteiger partial charge in [0.2, 0.25) is 0 Å². The van der Waals surface area contributed by atoms with Gasteiger partial charge in [0.05, 0.1) is 44.6 Å². The second kappa shape index (κ2) is 15.0. The molecular formula is C64H49N5O. The van der Waals surface area contributed by atoms with Crippen LogP contribution in [0.3, 0.4) is 0 Å². The number of para-hydroxylation sites is 4. The number of fused-ring (bicyclic) bond motifs is 12. The van der Waals surface area contributed by atoms with E-state index in [0.29, 0.717) is 22.5 Å². The zero-order valence-corrected chi connectivity index (χ0v) is 40.1. The van der Waals surface area contributed by atoms with Crippen molar-refractivity contribution in [3.63, 3.8) is 0 Å². The Morgan fingerprint density at radius 3 is 1.53 bits per heavy atom. The van der Waals surface area contributed by atoms with E-state index < -0.39 is 0 Å². The van der Waals surface area contributed by atoms with E-state index in [0.717, 1.165) is 112 Å². The molecule has 13 rings (SSSR count). The van der Waals surface area contributed by atoms with Gasteiger partial charge >= 0.3 is 0 Å². The summed E-state index contributed by atoms with van der Waals surface area (Å²) in [5.41, 5.74) is 15.2. The predicted octanol–water partition coefficient (Wildman–Crippen LogP) is 16.7. The first-order valence-electron chi connectivity index (χ1n) is 24.3. The van der Waals surface area contributed by atoms with E-state index in [4.69, 9.17) is 4.42 Å². The number of aryl methyl sites for hydroxylation is 1. The van der Waals surface area contributed by atoms with Crippen molar-refractivity contribution in [1.29, 1.82) is 10.5 Å². The Balaban J connectivity index is 1.32. The lowest BCUT2D eigenvalue weighted by atomic mass is 9.85. The van der Waals surface area contributed by atoms with Crippen LogP contribution in [0.25, 0.3) is 111 Å². The summed E-state index contributed by atoms with van der Waals surface area (Å²) in [6.45, 7) is 13.5. The predicted molar refractivity (Wildman–Crippen MR) is 289 cm³/mol. The summed E-state index contributed by atoms with van der Waals surface area (Å²) >= 11 is 0. The molecule has 4 aromatic heterocycles. The van der Waals surface area contributed by atoms with E-state index in [1.54, 1.807) is 0 Å². The maximum Gasteiger partial charge on any atom is 0.135 e. The third-order valence-corrected chi connectivity index (χ3v) is 14.9. The number of nitriles is 2. The molecule has 0 saturated carbocycles. The van der Waals surface area contributed by atoms with Crippen molar-refractivity contribution in [3.05, 3.63) is 191 Å². The monoisotopic (exact) mass is 903 g/mol. The molecule has 6 nitrogen and oxygen atoms in total. The van der Waals surface area contributed by atoms with E-state index in [1.807, 2.05) is 24.3 Å². The van der Waals surface area contributed by atoms with E-state index in [1.165, 1.54) is 16.7 Å². The van der Waals surface area contributed by atoms with Gasteiger partial charge in [0.15, 0.2) is 0 Å². The average molecular weight is 904 g/mol. The van der Waals surface area contributed by atoms with Crippen molar-refractivity contribution in [1.82, 2.24) is 13.7 Å². The third kappa shape index (κ3) is 5.90. The Bertz CT molecular complexity index is 4220. The standard InChI is InChI=1S/C64H49N5O/c1-63(2,3)39-28-30-55-46(34-39)47-35-40(64(4,5)6)29-31-56(47)67(55)60-49(36-65)61(68-51-22-12-7-17-41(51)42-18-8-13-23-52(42)68)59(38-27-32-58-48(33-38)45-21-11-16-26-57(45)70-58)62(50(60)37-66)69-53-24-14-9-19-43(53)44-20-10-15-25-54(44)69/h7-9,11-19,21-35H,10,20H2,1-6H3. The maximum absolute atomic E-state index is 12.3. The first-order valence-corrected chi connectivity index (χ1v) is 24.3. The molecule has 0 bridgehead atoms. The van der Waals surface area contributed by atoms with Crippen LogP contribution in [0, 0.1) is 22.7 Å². The van der Waals surface area contributed by atoms with Crippen LogP contribution in [-0.2, 0) is 17.3 Å². The molecule has 6 heteroatoms. The molecule has 0 atom stereocenters. The Hall–Kier alpha value is -8.58. The largest absolute Gasteiger partial charge is 0.456 e. The molecule has 70 heavy (non-hydrogen) atoms. The Kier molecular flexibility index (Phi) is 8.89. The normalized spacial score (nSPS) is 13.1. The summed E-state index contributed by atoms with van der Waals surface area (Å²) in [5.74, 6) is 0. The highest BCUT2D eigenvalue weighted by atomic mass is 16.3. The van der Waals surface area contributed by atoms with Gasteiger partial charge < -0.3 is 18.1 Å². The summed E-state index contributed by atoms with van der Waals surface area (Å²) in [4.78, 5) is 0. The van der Waals surface area contributed by atoms with Crippen LogP contribution in [0.4, 0.5) is 0 Å². The van der Waals surface area contributed by atoms with Gasteiger partial charge in [-0.3, -0.25) is 0 Å². The van der Waals surface area contributed by atoms with E-state index >= 15 is 0 Å². The summed E-state index contributed by atoms with van der Waals surface area (Å²) in [7, 11) is 0. The highest BCUT2D eigenvalue weighted by Crippen LogP contribution is 2.50. The highest BCUT2D eigenvalue weighted by molar-refractivity contribution is 6.14. The fourth-order valence-electron chi connectivity index (χ4n) is 11.5. The molecule has 0 aliphatic heterocycles. The molecule has 12 aromatic rings. The lowest BCUT2D eigenvalue weighted by molar-refractivity contribution is 0.590. The van der Waals surface area contributed by atoms with Crippen LogP contribution in [0.5, 0.6) is 0 Å². The first kappa shape index (κ1) is 41.6. The van der Waals surface area contributed by atoms with Gasteiger partial charge in [-0.15, -0.1) is 0 Å². The molecule has 0 saturated heterocycles. The molecule has 0 fully saturated rings. The number of hydrogen-bond acceptors (Lipinski definition) is 3. The molecule has 336 valence electrons. The van der Waals surface area contributed by atoms with Crippen molar-refractivity contribution in [3.8, 4) is 40.3 Å². The van der Waals surface area contributed by atoms with Crippen LogP contribution in [0.2, 0.25) is 0 Å². The fraction of sp³-hybridized carbons (Fsp3) is 0.156. The number of benzene rings is 8. The van der Waals surface area contributed by atoms with Gasteiger partial charge in [0.25, 0.3) is 0 Å². The van der Waals surface area contributed by atoms with Crippen LogP contribution in [-0.4, -0.2) is 13.7 Å². The third-order valence-electron chi connectivity index (χ3n) is 14.9. The molecule has 0 radical (unpaired) electrons. The Morgan fingerprint density at radius 2 is 0.943 bits per heavy atom. The Morgan fingerprint density at radius 1 is 0.457 bits per heavy atom. The van der Waals surface area contributed by atoms with E-state index in [2.05, 4.69) is 207 Å². The molecule has 0 spiro atoms. The second-order valence-corrected chi connectivity index (χ2v) is 21.0. The topological polar surface area (TPSA) is 75.5 Å². The number of allylic oxidation sites excluding steroid dienone is 1. The van der Waals surface area contributed by atoms with Crippen LogP contribution in [0.15, 0.2) is 162 Å². The van der Waals surface area contributed by atoms with Gasteiger partial charge in [-0.25, -0.2) is 0 Å². The van der Waals surface area contributed by atoms with Gasteiger partial charge in [-0.2, -0.15) is 10.5 Å². The van der Waals surface area contributed by atoms with Crippen molar-refractivity contribution < 1.29 is 4.42 Å². The maximum atomic E-state index is 12.3. The summed E-state index contributed by atoms with van der Waals surface area (Å²) < 4.78 is 13.3. The number of aromatic nitrogens is 3. The van der Waals surface area contributed by atoms with Crippen molar-refractivity contribution in [2.45, 2.75) is 65.2 Å². The zero-order valence-electron chi connectivity index (χ0n) is 40.1. The lowest BCUT2D eigenvalue weighted by Crippen LogP contribution is -2.15. The molecule has 1 aliphatic carbocycles. The van der Waals surface area contributed by atoms with Crippen molar-refractivity contribution >= 4 is 82.5 Å². The van der Waals surface area contributed by atoms with Crippen LogP contribution >= 0.6 is 0 Å².